The highest BCUT2D eigenvalue weighted by molar-refractivity contribution is 9.09. The molecule has 0 fully saturated rings. The maximum atomic E-state index is 14.6. The number of alkyl halides is 7. The van der Waals surface area contributed by atoms with Gasteiger partial charge in [0.05, 0.1) is 31.6 Å². The molecule has 5 nitrogen and oxygen atoms in total. The number of ether oxygens (including phenoxy) is 1. The SMILES string of the molecule is O=C(OCCCCCCBr)C(C(F)(F)F)(C(F)(F)F)S(=O)(=O)[OH+]S(c1ccccc1)(c1ccccc1)c1ccccc1. The first-order valence-electron chi connectivity index (χ1n) is 12.6. The van der Waals surface area contributed by atoms with E-state index < -0.39 is 50.1 Å². The van der Waals surface area contributed by atoms with Gasteiger partial charge in [0.2, 0.25) is 0 Å². The minimum absolute atomic E-state index is 0.0318. The van der Waals surface area contributed by atoms with E-state index in [0.29, 0.717) is 24.6 Å². The monoisotopic (exact) mass is 701 g/mol. The molecule has 3 aromatic carbocycles. The van der Waals surface area contributed by atoms with Crippen molar-refractivity contribution >= 4 is 42.3 Å². The molecule has 0 aliphatic rings. The van der Waals surface area contributed by atoms with Crippen LogP contribution in [0.3, 0.4) is 0 Å². The lowest BCUT2D eigenvalue weighted by atomic mass is 10.1. The second-order valence-corrected chi connectivity index (χ2v) is 14.5. The Hall–Kier alpha value is -2.55. The zero-order valence-electron chi connectivity index (χ0n) is 21.9. The molecular formula is C28H28BrF6O5S2+. The highest BCUT2D eigenvalue weighted by Gasteiger charge is 2.89. The van der Waals surface area contributed by atoms with Gasteiger partial charge in [-0.25, -0.2) is 4.79 Å². The molecule has 0 spiro atoms. The number of benzene rings is 3. The van der Waals surface area contributed by atoms with Gasteiger partial charge in [0.1, 0.15) is 0 Å². The second kappa shape index (κ2) is 13.8. The third-order valence-corrected chi connectivity index (χ3v) is 12.7. The van der Waals surface area contributed by atoms with Crippen LogP contribution in [-0.4, -0.2) is 47.1 Å². The van der Waals surface area contributed by atoms with Crippen LogP contribution in [0.4, 0.5) is 26.3 Å². The number of hydrogen-bond donors (Lipinski definition) is 0. The van der Waals surface area contributed by atoms with E-state index in [1.807, 2.05) is 0 Å². The number of unbranched alkanes of at least 4 members (excludes halogenated alkanes) is 3. The molecule has 1 N–H and O–H groups in total. The predicted molar refractivity (Wildman–Crippen MR) is 151 cm³/mol. The third kappa shape index (κ3) is 6.66. The molecule has 0 aliphatic heterocycles. The van der Waals surface area contributed by atoms with Crippen molar-refractivity contribution in [2.24, 2.45) is 0 Å². The van der Waals surface area contributed by atoms with Crippen molar-refractivity contribution in [3.63, 3.8) is 0 Å². The number of rotatable bonds is 13. The van der Waals surface area contributed by atoms with Crippen LogP contribution in [0.25, 0.3) is 0 Å². The summed E-state index contributed by atoms with van der Waals surface area (Å²) in [4.78, 5) is 13.0. The molecule has 0 saturated carbocycles. The van der Waals surface area contributed by atoms with Crippen LogP contribution in [0.1, 0.15) is 25.7 Å². The molecule has 0 atom stereocenters. The number of esters is 1. The van der Waals surface area contributed by atoms with Crippen molar-refractivity contribution in [3.05, 3.63) is 91.0 Å². The molecular weight excluding hydrogens is 674 g/mol. The summed E-state index contributed by atoms with van der Waals surface area (Å²) in [7, 11) is -10.6. The highest BCUT2D eigenvalue weighted by atomic mass is 79.9. The molecule has 3 aromatic rings. The second-order valence-electron chi connectivity index (χ2n) is 8.98. The summed E-state index contributed by atoms with van der Waals surface area (Å²) >= 11 is 3.20. The average molecular weight is 703 g/mol. The fourth-order valence-corrected chi connectivity index (χ4v) is 10.6. The Labute approximate surface area is 250 Å². The fraction of sp³-hybridized carbons (Fsp3) is 0.321. The van der Waals surface area contributed by atoms with Crippen LogP contribution in [-0.2, 0) is 19.6 Å². The lowest BCUT2D eigenvalue weighted by Crippen LogP contribution is -2.68. The van der Waals surface area contributed by atoms with Gasteiger partial charge in [-0.05, 0) is 49.2 Å². The highest BCUT2D eigenvalue weighted by Crippen LogP contribution is 2.69. The topological polar surface area (TPSA) is 73.2 Å². The van der Waals surface area contributed by atoms with Gasteiger partial charge in [0.15, 0.2) is 0 Å². The summed E-state index contributed by atoms with van der Waals surface area (Å²) in [6, 6.07) is 21.5. The Kier molecular flexibility index (Phi) is 11.2. The first-order chi connectivity index (χ1) is 19.8. The Bertz CT molecular complexity index is 1290. The Balaban J connectivity index is 2.28. The minimum Gasteiger partial charge on any atom is -0.464 e. The van der Waals surface area contributed by atoms with Crippen molar-refractivity contribution in [2.45, 2.75) is 57.5 Å². The van der Waals surface area contributed by atoms with E-state index in [4.69, 9.17) is 0 Å². The molecule has 3 rings (SSSR count). The molecule has 0 unspecified atom stereocenters. The van der Waals surface area contributed by atoms with Crippen molar-refractivity contribution in [1.82, 2.24) is 0 Å². The predicted octanol–water partition coefficient (Wildman–Crippen LogP) is 8.67. The summed E-state index contributed by atoms with van der Waals surface area (Å²) in [5, 5.41) is 0.631. The van der Waals surface area contributed by atoms with Gasteiger partial charge in [0.25, 0.3) is 0 Å². The molecule has 0 amide bonds. The van der Waals surface area contributed by atoms with Gasteiger partial charge in [-0.15, -0.1) is 0 Å². The minimum atomic E-state index is -6.82. The molecule has 0 aliphatic carbocycles. The molecule has 0 heterocycles. The van der Waals surface area contributed by atoms with Crippen LogP contribution >= 0.6 is 26.2 Å². The van der Waals surface area contributed by atoms with Crippen LogP contribution in [0.15, 0.2) is 106 Å². The van der Waals surface area contributed by atoms with Crippen molar-refractivity contribution in [3.8, 4) is 0 Å². The smallest absolute Gasteiger partial charge is 0.435 e. The Morgan fingerprint density at radius 1 is 0.667 bits per heavy atom. The summed E-state index contributed by atoms with van der Waals surface area (Å²) in [5.74, 6) is -2.99. The quantitative estimate of drug-likeness (QED) is 0.0447. The zero-order valence-corrected chi connectivity index (χ0v) is 25.2. The largest absolute Gasteiger partial charge is 0.464 e. The van der Waals surface area contributed by atoms with E-state index in [1.54, 1.807) is 18.2 Å². The summed E-state index contributed by atoms with van der Waals surface area (Å²) in [5.41, 5.74) is 0. The molecule has 0 bridgehead atoms. The Morgan fingerprint density at radius 3 is 1.40 bits per heavy atom. The molecule has 0 aromatic heterocycles. The Morgan fingerprint density at radius 2 is 1.05 bits per heavy atom. The fourth-order valence-electron chi connectivity index (χ4n) is 4.20. The van der Waals surface area contributed by atoms with Crippen molar-refractivity contribution in [1.29, 1.82) is 0 Å². The molecule has 42 heavy (non-hydrogen) atoms. The number of halogens is 7. The maximum absolute atomic E-state index is 14.6. The average Bonchev–Trinajstić information content (AvgIpc) is 2.93. The lowest BCUT2D eigenvalue weighted by molar-refractivity contribution is -0.269. The van der Waals surface area contributed by atoms with E-state index in [9.17, 15) is 39.6 Å². The van der Waals surface area contributed by atoms with E-state index in [-0.39, 0.29) is 21.1 Å². The van der Waals surface area contributed by atoms with Gasteiger partial charge in [-0.3, -0.25) is 3.63 Å². The van der Waals surface area contributed by atoms with Gasteiger partial charge in [-0.2, -0.15) is 34.8 Å². The zero-order chi connectivity index (χ0) is 31.1. The number of carbonyl (C=O) groups excluding carboxylic acids is 1. The van der Waals surface area contributed by atoms with Crippen LogP contribution < -0.4 is 0 Å². The van der Waals surface area contributed by atoms with Gasteiger partial charge in [-0.1, -0.05) is 83.4 Å². The van der Waals surface area contributed by atoms with E-state index in [1.165, 1.54) is 72.8 Å². The number of carbonyl (C=O) groups is 1. The van der Waals surface area contributed by atoms with Gasteiger partial charge in [0, 0.05) is 5.33 Å². The normalized spacial score (nSPS) is 13.5. The molecule has 0 saturated heterocycles. The third-order valence-electron chi connectivity index (χ3n) is 6.20. The maximum Gasteiger partial charge on any atom is 0.435 e. The lowest BCUT2D eigenvalue weighted by Gasteiger charge is -2.38. The first-order valence-corrected chi connectivity index (χ1v) is 16.7. The van der Waals surface area contributed by atoms with Crippen LogP contribution in [0.5, 0.6) is 0 Å². The molecule has 14 heteroatoms. The first kappa shape index (κ1) is 33.9. The molecule has 0 radical (unpaired) electrons. The van der Waals surface area contributed by atoms with E-state index in [2.05, 4.69) is 24.3 Å². The van der Waals surface area contributed by atoms with Crippen molar-refractivity contribution in [2.75, 3.05) is 11.9 Å². The molecule has 230 valence electrons. The summed E-state index contributed by atoms with van der Waals surface area (Å²) in [6.45, 7) is -0.835. The van der Waals surface area contributed by atoms with Crippen molar-refractivity contribution < 1.29 is 47.9 Å². The summed E-state index contributed by atoms with van der Waals surface area (Å²) in [6.07, 6.45) is -11.8. The number of hydrogen-bond acceptors (Lipinski definition) is 4. The van der Waals surface area contributed by atoms with E-state index >= 15 is 0 Å². The summed E-state index contributed by atoms with van der Waals surface area (Å²) < 4.78 is 117. The van der Waals surface area contributed by atoms with Crippen LogP contribution in [0.2, 0.25) is 0 Å². The standard InChI is InChI=1S/C28H27BrF6O5S2/c29-20-12-1-2-13-21-39-25(36)26(27(30,31)32,28(33,34)35)42(37,38)40-41(22-14-6-3-7-15-22,23-16-8-4-9-17-23)24-18-10-5-11-19-24/h3-11,14-19H,1-2,12-13,20-21H2/p+1. The van der Waals surface area contributed by atoms with Gasteiger partial charge < -0.3 is 4.74 Å². The van der Waals surface area contributed by atoms with Gasteiger partial charge >= 0.3 is 33.2 Å². The van der Waals surface area contributed by atoms with Crippen LogP contribution in [0, 0.1) is 0 Å². The van der Waals surface area contributed by atoms with E-state index in [0.717, 1.165) is 0 Å².